The van der Waals surface area contributed by atoms with Crippen molar-refractivity contribution in [1.29, 1.82) is 0 Å². The summed E-state index contributed by atoms with van der Waals surface area (Å²) in [4.78, 5) is 3.76. The van der Waals surface area contributed by atoms with Gasteiger partial charge in [0.1, 0.15) is 0 Å². The lowest BCUT2D eigenvalue weighted by atomic mass is 10.3. The Labute approximate surface area is 109 Å². The Balaban J connectivity index is 2.12. The molecule has 0 aliphatic carbocycles. The average Bonchev–Trinajstić information content (AvgIpc) is 2.73. The van der Waals surface area contributed by atoms with Gasteiger partial charge in [-0.1, -0.05) is 18.2 Å². The summed E-state index contributed by atoms with van der Waals surface area (Å²) in [7, 11) is 0. The molecule has 0 bridgehead atoms. The maximum absolute atomic E-state index is 3.49. The quantitative estimate of drug-likeness (QED) is 0.801. The molecule has 0 fully saturated rings. The molecule has 1 heterocycles. The number of nitrogens with zero attached hydrogens (tertiary/aromatic N) is 1. The standard InChI is InChI=1S/C13H14BrNS/c1-2-15(12-6-4-3-5-7-12)9-13-8-11(14)10-16-13/h3-8,10H,2,9H2,1H3. The molecule has 16 heavy (non-hydrogen) atoms. The lowest BCUT2D eigenvalue weighted by molar-refractivity contribution is 0.842. The molecule has 0 radical (unpaired) electrons. The number of para-hydroxylation sites is 1. The van der Waals surface area contributed by atoms with E-state index >= 15 is 0 Å². The normalized spacial score (nSPS) is 10.4. The highest BCUT2D eigenvalue weighted by Gasteiger charge is 2.06. The summed E-state index contributed by atoms with van der Waals surface area (Å²) in [6.07, 6.45) is 0. The molecule has 1 nitrogen and oxygen atoms in total. The zero-order valence-corrected chi connectivity index (χ0v) is 11.6. The molecule has 3 heteroatoms. The summed E-state index contributed by atoms with van der Waals surface area (Å²) in [5, 5.41) is 2.13. The fraction of sp³-hybridized carbons (Fsp3) is 0.231. The summed E-state index contributed by atoms with van der Waals surface area (Å²) in [6.45, 7) is 4.20. The molecule has 0 atom stereocenters. The number of hydrogen-bond acceptors (Lipinski definition) is 2. The number of halogens is 1. The van der Waals surface area contributed by atoms with Crippen LogP contribution in [0.5, 0.6) is 0 Å². The molecule has 2 rings (SSSR count). The lowest BCUT2D eigenvalue weighted by Gasteiger charge is -2.22. The van der Waals surface area contributed by atoms with Crippen molar-refractivity contribution in [2.24, 2.45) is 0 Å². The van der Waals surface area contributed by atoms with Crippen molar-refractivity contribution in [3.05, 3.63) is 51.1 Å². The Hall–Kier alpha value is -0.800. The van der Waals surface area contributed by atoms with Gasteiger partial charge in [0, 0.05) is 27.0 Å². The monoisotopic (exact) mass is 295 g/mol. The summed E-state index contributed by atoms with van der Waals surface area (Å²) in [5.74, 6) is 0. The molecule has 0 aliphatic rings. The minimum atomic E-state index is 0.983. The van der Waals surface area contributed by atoms with Gasteiger partial charge in [0.25, 0.3) is 0 Å². The molecular formula is C13H14BrNS. The number of thiophene rings is 1. The van der Waals surface area contributed by atoms with E-state index in [2.05, 4.69) is 69.5 Å². The maximum atomic E-state index is 3.49. The SMILES string of the molecule is CCN(Cc1cc(Br)cs1)c1ccccc1. The average molecular weight is 296 g/mol. The van der Waals surface area contributed by atoms with Gasteiger partial charge in [-0.25, -0.2) is 0 Å². The van der Waals surface area contributed by atoms with Crippen LogP contribution in [0.25, 0.3) is 0 Å². The van der Waals surface area contributed by atoms with Crippen molar-refractivity contribution in [2.45, 2.75) is 13.5 Å². The molecule has 1 aromatic heterocycles. The second-order valence-corrected chi connectivity index (χ2v) is 5.49. The highest BCUT2D eigenvalue weighted by atomic mass is 79.9. The Morgan fingerprint density at radius 1 is 1.25 bits per heavy atom. The van der Waals surface area contributed by atoms with Crippen molar-refractivity contribution in [3.63, 3.8) is 0 Å². The van der Waals surface area contributed by atoms with E-state index in [-0.39, 0.29) is 0 Å². The van der Waals surface area contributed by atoms with Crippen LogP contribution < -0.4 is 4.90 Å². The summed E-state index contributed by atoms with van der Waals surface area (Å²) in [6, 6.07) is 12.7. The van der Waals surface area contributed by atoms with Crippen molar-refractivity contribution < 1.29 is 0 Å². The van der Waals surface area contributed by atoms with E-state index in [0.29, 0.717) is 0 Å². The molecule has 0 saturated heterocycles. The predicted molar refractivity (Wildman–Crippen MR) is 75.2 cm³/mol. The first-order valence-electron chi connectivity index (χ1n) is 5.32. The van der Waals surface area contributed by atoms with Gasteiger partial charge in [0.2, 0.25) is 0 Å². The Morgan fingerprint density at radius 3 is 2.56 bits per heavy atom. The fourth-order valence-corrected chi connectivity index (χ4v) is 3.11. The van der Waals surface area contributed by atoms with Crippen LogP contribution in [0.2, 0.25) is 0 Å². The van der Waals surface area contributed by atoms with Crippen LogP contribution in [-0.2, 0) is 6.54 Å². The molecular weight excluding hydrogens is 282 g/mol. The molecule has 0 saturated carbocycles. The van der Waals surface area contributed by atoms with Crippen LogP contribution in [0.1, 0.15) is 11.8 Å². The smallest absolute Gasteiger partial charge is 0.0523 e. The first kappa shape index (κ1) is 11.7. The molecule has 0 amide bonds. The van der Waals surface area contributed by atoms with E-state index in [1.807, 2.05) is 0 Å². The van der Waals surface area contributed by atoms with Crippen LogP contribution >= 0.6 is 27.3 Å². The van der Waals surface area contributed by atoms with E-state index in [1.165, 1.54) is 15.0 Å². The van der Waals surface area contributed by atoms with Gasteiger partial charge in [-0.05, 0) is 41.1 Å². The predicted octanol–water partition coefficient (Wildman–Crippen LogP) is 4.54. The highest BCUT2D eigenvalue weighted by Crippen LogP contribution is 2.23. The molecule has 84 valence electrons. The Morgan fingerprint density at radius 2 is 2.00 bits per heavy atom. The van der Waals surface area contributed by atoms with Crippen LogP contribution in [0, 0.1) is 0 Å². The zero-order valence-electron chi connectivity index (χ0n) is 9.19. The molecule has 1 aromatic carbocycles. The van der Waals surface area contributed by atoms with Crippen molar-refractivity contribution >= 4 is 33.0 Å². The van der Waals surface area contributed by atoms with E-state index in [0.717, 1.165) is 13.1 Å². The van der Waals surface area contributed by atoms with Crippen molar-refractivity contribution in [1.82, 2.24) is 0 Å². The Kier molecular flexibility index (Phi) is 4.02. The van der Waals surface area contributed by atoms with E-state index < -0.39 is 0 Å². The van der Waals surface area contributed by atoms with Crippen LogP contribution in [0.4, 0.5) is 5.69 Å². The van der Waals surface area contributed by atoms with Gasteiger partial charge in [0.15, 0.2) is 0 Å². The van der Waals surface area contributed by atoms with Gasteiger partial charge >= 0.3 is 0 Å². The van der Waals surface area contributed by atoms with E-state index in [9.17, 15) is 0 Å². The second-order valence-electron chi connectivity index (χ2n) is 3.58. The molecule has 0 N–H and O–H groups in total. The molecule has 2 aromatic rings. The highest BCUT2D eigenvalue weighted by molar-refractivity contribution is 9.10. The Bertz CT molecular complexity index is 438. The van der Waals surface area contributed by atoms with Crippen molar-refractivity contribution in [3.8, 4) is 0 Å². The van der Waals surface area contributed by atoms with Gasteiger partial charge < -0.3 is 4.90 Å². The first-order valence-corrected chi connectivity index (χ1v) is 6.99. The third kappa shape index (κ3) is 2.86. The zero-order chi connectivity index (χ0) is 11.4. The number of rotatable bonds is 4. The summed E-state index contributed by atoms with van der Waals surface area (Å²) < 4.78 is 1.18. The number of anilines is 1. The molecule has 0 aliphatic heterocycles. The van der Waals surface area contributed by atoms with Crippen LogP contribution in [-0.4, -0.2) is 6.54 Å². The maximum Gasteiger partial charge on any atom is 0.0523 e. The van der Waals surface area contributed by atoms with Gasteiger partial charge in [0.05, 0.1) is 6.54 Å². The molecule has 0 spiro atoms. The van der Waals surface area contributed by atoms with E-state index in [4.69, 9.17) is 0 Å². The first-order chi connectivity index (χ1) is 7.79. The minimum absolute atomic E-state index is 0.983. The van der Waals surface area contributed by atoms with E-state index in [1.54, 1.807) is 11.3 Å². The van der Waals surface area contributed by atoms with Crippen LogP contribution in [0.3, 0.4) is 0 Å². The summed E-state index contributed by atoms with van der Waals surface area (Å²) in [5.41, 5.74) is 1.29. The third-order valence-corrected chi connectivity index (χ3v) is 4.15. The lowest BCUT2D eigenvalue weighted by Crippen LogP contribution is -2.21. The number of hydrogen-bond donors (Lipinski definition) is 0. The fourth-order valence-electron chi connectivity index (χ4n) is 1.65. The molecule has 0 unspecified atom stereocenters. The number of benzene rings is 1. The second kappa shape index (κ2) is 5.51. The minimum Gasteiger partial charge on any atom is -0.367 e. The van der Waals surface area contributed by atoms with Gasteiger partial charge in [-0.15, -0.1) is 11.3 Å². The van der Waals surface area contributed by atoms with Crippen molar-refractivity contribution in [2.75, 3.05) is 11.4 Å². The summed E-state index contributed by atoms with van der Waals surface area (Å²) >= 11 is 5.29. The largest absolute Gasteiger partial charge is 0.367 e. The van der Waals surface area contributed by atoms with Gasteiger partial charge in [-0.2, -0.15) is 0 Å². The topological polar surface area (TPSA) is 3.24 Å². The third-order valence-electron chi connectivity index (χ3n) is 2.47. The van der Waals surface area contributed by atoms with Gasteiger partial charge in [-0.3, -0.25) is 0 Å². The van der Waals surface area contributed by atoms with Crippen LogP contribution in [0.15, 0.2) is 46.3 Å².